The van der Waals surface area contributed by atoms with Crippen molar-refractivity contribution >= 4 is 40.4 Å². The summed E-state index contributed by atoms with van der Waals surface area (Å²) in [7, 11) is 0. The number of benzene rings is 1. The number of carbonyl (C=O) groups excluding carboxylic acids is 2. The van der Waals surface area contributed by atoms with Crippen LogP contribution < -0.4 is 10.6 Å². The average Bonchev–Trinajstić information content (AvgIpc) is 3.23. The SMILES string of the molecule is Cc1cc(Cl)cc(C(=O)NC2CC2)c1NC(=O)c1cc(C(F)(F)F)nn1-c1nc(C(F)(F)F)cs1. The van der Waals surface area contributed by atoms with Crippen LogP contribution in [0.4, 0.5) is 32.0 Å². The normalized spacial score (nSPS) is 14.2. The second-order valence-corrected chi connectivity index (χ2v) is 8.96. The molecule has 0 atom stereocenters. The number of aromatic nitrogens is 3. The summed E-state index contributed by atoms with van der Waals surface area (Å²) in [5.74, 6) is -1.70. The predicted octanol–water partition coefficient (Wildman–Crippen LogP) is 5.47. The first kappa shape index (κ1) is 25.0. The van der Waals surface area contributed by atoms with Gasteiger partial charge in [-0.3, -0.25) is 9.59 Å². The lowest BCUT2D eigenvalue weighted by molar-refractivity contribution is -0.142. The standard InChI is InChI=1S/C20H14ClF6N5O2S/c1-8-4-9(21)5-11(16(33)28-10-2-3-10)15(8)30-17(34)12-6-13(19(22,23)24)31-32(12)18-29-14(7-35-18)20(25,26)27/h4-7,10H,2-3H2,1H3,(H,28,33)(H,30,34). The number of hydrogen-bond donors (Lipinski definition) is 2. The molecule has 1 aromatic carbocycles. The van der Waals surface area contributed by atoms with Crippen molar-refractivity contribution in [3.63, 3.8) is 0 Å². The topological polar surface area (TPSA) is 88.9 Å². The molecule has 15 heteroatoms. The molecule has 0 aliphatic heterocycles. The summed E-state index contributed by atoms with van der Waals surface area (Å²) in [6.45, 7) is 1.52. The number of amides is 2. The molecule has 35 heavy (non-hydrogen) atoms. The third-order valence-electron chi connectivity index (χ3n) is 4.89. The number of alkyl halides is 6. The maximum Gasteiger partial charge on any atom is 0.435 e. The molecule has 1 aliphatic carbocycles. The molecule has 0 spiro atoms. The first-order chi connectivity index (χ1) is 16.2. The number of nitrogens with one attached hydrogen (secondary N) is 2. The molecule has 2 N–H and O–H groups in total. The summed E-state index contributed by atoms with van der Waals surface area (Å²) in [5.41, 5.74) is -3.29. The van der Waals surface area contributed by atoms with Gasteiger partial charge >= 0.3 is 12.4 Å². The zero-order valence-electron chi connectivity index (χ0n) is 17.5. The number of thiazole rings is 1. The lowest BCUT2D eigenvalue weighted by atomic mass is 10.1. The van der Waals surface area contributed by atoms with Crippen LogP contribution in [0.2, 0.25) is 5.02 Å². The molecular weight excluding hydrogens is 524 g/mol. The third-order valence-corrected chi connectivity index (χ3v) is 5.93. The van der Waals surface area contributed by atoms with E-state index in [2.05, 4.69) is 20.7 Å². The number of nitrogens with zero attached hydrogens (tertiary/aromatic N) is 3. The molecule has 2 amide bonds. The largest absolute Gasteiger partial charge is 0.435 e. The van der Waals surface area contributed by atoms with E-state index in [0.29, 0.717) is 33.0 Å². The first-order valence-electron chi connectivity index (χ1n) is 9.86. The van der Waals surface area contributed by atoms with E-state index in [1.807, 2.05) is 0 Å². The van der Waals surface area contributed by atoms with Crippen LogP contribution in [0.5, 0.6) is 0 Å². The molecule has 0 unspecified atom stereocenters. The summed E-state index contributed by atoms with van der Waals surface area (Å²) in [6.07, 6.45) is -8.28. The number of hydrogen-bond acceptors (Lipinski definition) is 5. The van der Waals surface area contributed by atoms with Crippen LogP contribution in [-0.4, -0.2) is 32.6 Å². The molecule has 4 rings (SSSR count). The van der Waals surface area contributed by atoms with Crippen molar-refractivity contribution in [2.75, 3.05) is 5.32 Å². The van der Waals surface area contributed by atoms with E-state index in [1.54, 1.807) is 0 Å². The fourth-order valence-corrected chi connectivity index (χ4v) is 4.14. The number of anilines is 1. The Morgan fingerprint density at radius 3 is 2.29 bits per heavy atom. The highest BCUT2D eigenvalue weighted by Crippen LogP contribution is 2.34. The van der Waals surface area contributed by atoms with Gasteiger partial charge in [-0.05, 0) is 37.5 Å². The molecule has 1 saturated carbocycles. The van der Waals surface area contributed by atoms with Crippen molar-refractivity contribution in [3.05, 3.63) is 56.8 Å². The molecule has 1 fully saturated rings. The molecule has 0 radical (unpaired) electrons. The van der Waals surface area contributed by atoms with E-state index in [9.17, 15) is 35.9 Å². The maximum absolute atomic E-state index is 13.3. The van der Waals surface area contributed by atoms with Gasteiger partial charge in [0.05, 0.1) is 11.3 Å². The molecule has 186 valence electrons. The van der Waals surface area contributed by atoms with Crippen LogP contribution in [0.15, 0.2) is 23.6 Å². The second kappa shape index (κ2) is 8.82. The van der Waals surface area contributed by atoms with Crippen molar-refractivity contribution in [2.45, 2.75) is 38.2 Å². The van der Waals surface area contributed by atoms with E-state index < -0.39 is 46.4 Å². The van der Waals surface area contributed by atoms with Crippen molar-refractivity contribution < 1.29 is 35.9 Å². The number of rotatable bonds is 5. The van der Waals surface area contributed by atoms with E-state index in [4.69, 9.17) is 11.6 Å². The van der Waals surface area contributed by atoms with Gasteiger partial charge < -0.3 is 10.6 Å². The van der Waals surface area contributed by atoms with Crippen LogP contribution in [0.1, 0.15) is 50.6 Å². The molecule has 0 saturated heterocycles. The summed E-state index contributed by atoms with van der Waals surface area (Å²) in [5, 5.41) is 8.55. The zero-order chi connectivity index (χ0) is 25.7. The summed E-state index contributed by atoms with van der Waals surface area (Å²) in [4.78, 5) is 29.0. The molecule has 2 heterocycles. The Morgan fingerprint density at radius 1 is 1.06 bits per heavy atom. The summed E-state index contributed by atoms with van der Waals surface area (Å²) in [6, 6.07) is 3.07. The lowest BCUT2D eigenvalue weighted by Gasteiger charge is -2.15. The van der Waals surface area contributed by atoms with E-state index >= 15 is 0 Å². The van der Waals surface area contributed by atoms with Gasteiger partial charge in [-0.2, -0.15) is 36.1 Å². The number of carbonyl (C=O) groups is 2. The summed E-state index contributed by atoms with van der Waals surface area (Å²) >= 11 is 6.40. The van der Waals surface area contributed by atoms with Crippen molar-refractivity contribution in [3.8, 4) is 5.13 Å². The molecule has 3 aromatic rings. The summed E-state index contributed by atoms with van der Waals surface area (Å²) < 4.78 is 79.2. The number of aryl methyl sites for hydroxylation is 1. The van der Waals surface area contributed by atoms with Gasteiger partial charge in [0.25, 0.3) is 11.8 Å². The molecule has 1 aliphatic rings. The fourth-order valence-electron chi connectivity index (χ4n) is 3.08. The first-order valence-corrected chi connectivity index (χ1v) is 11.1. The highest BCUT2D eigenvalue weighted by atomic mass is 35.5. The zero-order valence-corrected chi connectivity index (χ0v) is 19.1. The van der Waals surface area contributed by atoms with Gasteiger partial charge in [0, 0.05) is 22.5 Å². The van der Waals surface area contributed by atoms with Gasteiger partial charge in [0.1, 0.15) is 5.69 Å². The second-order valence-electron chi connectivity index (χ2n) is 7.68. The van der Waals surface area contributed by atoms with Gasteiger partial charge in [-0.15, -0.1) is 11.3 Å². The highest BCUT2D eigenvalue weighted by molar-refractivity contribution is 7.12. The van der Waals surface area contributed by atoms with Gasteiger partial charge in [0.15, 0.2) is 11.4 Å². The minimum absolute atomic E-state index is 0.0195. The predicted molar refractivity (Wildman–Crippen MR) is 114 cm³/mol. The quantitative estimate of drug-likeness (QED) is 0.422. The van der Waals surface area contributed by atoms with E-state index in [-0.39, 0.29) is 22.3 Å². The Morgan fingerprint density at radius 2 is 1.71 bits per heavy atom. The van der Waals surface area contributed by atoms with Crippen LogP contribution in [-0.2, 0) is 12.4 Å². The monoisotopic (exact) mass is 537 g/mol. The molecule has 7 nitrogen and oxygen atoms in total. The smallest absolute Gasteiger partial charge is 0.349 e. The highest BCUT2D eigenvalue weighted by Gasteiger charge is 2.38. The van der Waals surface area contributed by atoms with Crippen LogP contribution in [0.3, 0.4) is 0 Å². The third kappa shape index (κ3) is 5.42. The maximum atomic E-state index is 13.3. The Balaban J connectivity index is 1.74. The average molecular weight is 538 g/mol. The van der Waals surface area contributed by atoms with Crippen molar-refractivity contribution in [1.82, 2.24) is 20.1 Å². The van der Waals surface area contributed by atoms with Crippen molar-refractivity contribution in [2.24, 2.45) is 0 Å². The minimum atomic E-state index is -4.99. The van der Waals surface area contributed by atoms with Gasteiger partial charge in [0.2, 0.25) is 5.13 Å². The minimum Gasteiger partial charge on any atom is -0.349 e. The van der Waals surface area contributed by atoms with Gasteiger partial charge in [-0.25, -0.2) is 4.98 Å². The molecule has 0 bridgehead atoms. The Labute approximate surface area is 202 Å². The molecule has 2 aromatic heterocycles. The lowest BCUT2D eigenvalue weighted by Crippen LogP contribution is -2.27. The fraction of sp³-hybridized carbons (Fsp3) is 0.300. The van der Waals surface area contributed by atoms with Gasteiger partial charge in [-0.1, -0.05) is 11.6 Å². The van der Waals surface area contributed by atoms with E-state index in [1.165, 1.54) is 19.1 Å². The van der Waals surface area contributed by atoms with E-state index in [0.717, 1.165) is 12.8 Å². The number of halogens is 7. The van der Waals surface area contributed by atoms with Crippen LogP contribution in [0, 0.1) is 6.92 Å². The Kier molecular flexibility index (Phi) is 6.30. The van der Waals surface area contributed by atoms with Crippen LogP contribution >= 0.6 is 22.9 Å². The Hall–Kier alpha value is -3.13. The Bertz CT molecular complexity index is 1310. The molecular formula is C20H14ClF6N5O2S. The van der Waals surface area contributed by atoms with Crippen LogP contribution in [0.25, 0.3) is 5.13 Å². The van der Waals surface area contributed by atoms with Crippen molar-refractivity contribution in [1.29, 1.82) is 0 Å².